The van der Waals surface area contributed by atoms with Gasteiger partial charge in [0.2, 0.25) is 5.91 Å². The van der Waals surface area contributed by atoms with Gasteiger partial charge in [-0.1, -0.05) is 5.16 Å². The third-order valence-electron chi connectivity index (χ3n) is 5.55. The van der Waals surface area contributed by atoms with E-state index in [1.807, 2.05) is 13.0 Å². The van der Waals surface area contributed by atoms with Crippen molar-refractivity contribution in [1.29, 1.82) is 0 Å². The molecule has 3 heterocycles. The molecule has 0 radical (unpaired) electrons. The number of likely N-dealkylation sites (tertiary alicyclic amines) is 1. The van der Waals surface area contributed by atoms with Crippen molar-refractivity contribution in [1.82, 2.24) is 20.3 Å². The monoisotopic (exact) mass is 346 g/mol. The highest BCUT2D eigenvalue weighted by molar-refractivity contribution is 6.09. The fourth-order valence-electron chi connectivity index (χ4n) is 3.94. The molecule has 1 N–H and O–H groups in total. The van der Waals surface area contributed by atoms with Crippen molar-refractivity contribution < 1.29 is 18.9 Å². The van der Waals surface area contributed by atoms with Gasteiger partial charge < -0.3 is 14.7 Å². The lowest BCUT2D eigenvalue weighted by Gasteiger charge is -2.25. The first-order valence-electron chi connectivity index (χ1n) is 8.77. The number of nitrogens with zero attached hydrogens (tertiary/aromatic N) is 3. The van der Waals surface area contributed by atoms with Crippen LogP contribution in [-0.2, 0) is 9.59 Å². The summed E-state index contributed by atoms with van der Waals surface area (Å²) in [7, 11) is 0. The van der Waals surface area contributed by atoms with Crippen molar-refractivity contribution in [2.45, 2.75) is 51.1 Å². The summed E-state index contributed by atoms with van der Waals surface area (Å²) in [6, 6.07) is 1.20. The van der Waals surface area contributed by atoms with Gasteiger partial charge in [0.05, 0.1) is 6.04 Å². The van der Waals surface area contributed by atoms with E-state index in [-0.39, 0.29) is 30.3 Å². The van der Waals surface area contributed by atoms with Gasteiger partial charge in [-0.3, -0.25) is 14.5 Å². The van der Waals surface area contributed by atoms with Crippen LogP contribution >= 0.6 is 0 Å². The molecule has 8 nitrogen and oxygen atoms in total. The molecular formula is C17H22N4O4. The number of nitrogens with one attached hydrogen (secondary N) is 1. The summed E-state index contributed by atoms with van der Waals surface area (Å²) in [5.74, 6) is 0.360. The average Bonchev–Trinajstić information content (AvgIpc) is 3.10. The lowest BCUT2D eigenvalue weighted by molar-refractivity contribution is -0.139. The Morgan fingerprint density at radius 2 is 2.16 bits per heavy atom. The van der Waals surface area contributed by atoms with E-state index in [1.165, 1.54) is 0 Å². The number of aromatic nitrogens is 1. The Hall–Kier alpha value is -2.38. The molecule has 1 saturated carbocycles. The van der Waals surface area contributed by atoms with Gasteiger partial charge in [0.25, 0.3) is 5.91 Å². The van der Waals surface area contributed by atoms with Crippen LogP contribution in [0.25, 0.3) is 0 Å². The molecule has 0 aromatic carbocycles. The van der Waals surface area contributed by atoms with Gasteiger partial charge in [-0.2, -0.15) is 0 Å². The maximum Gasteiger partial charge on any atom is 0.325 e. The molecule has 4 rings (SSSR count). The zero-order chi connectivity index (χ0) is 17.8. The van der Waals surface area contributed by atoms with Gasteiger partial charge in [-0.05, 0) is 45.4 Å². The number of hydrogen-bond acceptors (Lipinski definition) is 5. The topological polar surface area (TPSA) is 95.8 Å². The summed E-state index contributed by atoms with van der Waals surface area (Å²) in [5, 5.41) is 6.79. The van der Waals surface area contributed by atoms with Crippen molar-refractivity contribution in [2.24, 2.45) is 5.92 Å². The maximum absolute atomic E-state index is 12.8. The molecule has 2 atom stereocenters. The zero-order valence-electron chi connectivity index (χ0n) is 14.4. The number of hydrogen-bond donors (Lipinski definition) is 1. The molecule has 0 spiro atoms. The molecule has 0 bridgehead atoms. The standard InChI is InChI=1S/C17H22N4O4/c1-10-8-12(19-25-10)13-4-3-7-20(13)14(22)9-21-15(23)17(2,11-5-6-11)18-16(21)24/h8,11,13H,3-7,9H2,1-2H3,(H,18,24)/t13-,17-/m1/s1. The van der Waals surface area contributed by atoms with Gasteiger partial charge in [-0.25, -0.2) is 4.79 Å². The van der Waals surface area contributed by atoms with Crippen LogP contribution in [0, 0.1) is 12.8 Å². The normalized spacial score (nSPS) is 29.4. The minimum atomic E-state index is -0.856. The number of urea groups is 1. The number of amides is 4. The van der Waals surface area contributed by atoms with E-state index in [1.54, 1.807) is 11.8 Å². The van der Waals surface area contributed by atoms with Gasteiger partial charge in [-0.15, -0.1) is 0 Å². The molecular weight excluding hydrogens is 324 g/mol. The van der Waals surface area contributed by atoms with Crippen LogP contribution in [0.2, 0.25) is 0 Å². The summed E-state index contributed by atoms with van der Waals surface area (Å²) < 4.78 is 5.12. The molecule has 3 fully saturated rings. The fraction of sp³-hybridized carbons (Fsp3) is 0.647. The van der Waals surface area contributed by atoms with Gasteiger partial charge in [0, 0.05) is 12.6 Å². The quantitative estimate of drug-likeness (QED) is 0.831. The molecule has 8 heteroatoms. The summed E-state index contributed by atoms with van der Waals surface area (Å²) >= 11 is 0. The Balaban J connectivity index is 1.48. The second-order valence-electron chi connectivity index (χ2n) is 7.41. The fourth-order valence-corrected chi connectivity index (χ4v) is 3.94. The highest BCUT2D eigenvalue weighted by Gasteiger charge is 2.56. The number of carbonyl (C=O) groups is 3. The highest BCUT2D eigenvalue weighted by Crippen LogP contribution is 2.42. The van der Waals surface area contributed by atoms with Crippen LogP contribution in [0.4, 0.5) is 4.79 Å². The van der Waals surface area contributed by atoms with Crippen LogP contribution < -0.4 is 5.32 Å². The molecule has 3 aliphatic rings. The molecule has 1 aliphatic carbocycles. The van der Waals surface area contributed by atoms with E-state index in [2.05, 4.69) is 10.5 Å². The van der Waals surface area contributed by atoms with E-state index < -0.39 is 11.6 Å². The Kier molecular flexibility index (Phi) is 3.59. The molecule has 25 heavy (non-hydrogen) atoms. The third kappa shape index (κ3) is 2.60. The van der Waals surface area contributed by atoms with Crippen LogP contribution in [0.1, 0.15) is 50.1 Å². The largest absolute Gasteiger partial charge is 0.361 e. The van der Waals surface area contributed by atoms with Gasteiger partial charge >= 0.3 is 6.03 Å². The summed E-state index contributed by atoms with van der Waals surface area (Å²) in [6.07, 6.45) is 3.54. The van der Waals surface area contributed by atoms with Crippen molar-refractivity contribution in [2.75, 3.05) is 13.1 Å². The van der Waals surface area contributed by atoms with Crippen LogP contribution in [0.15, 0.2) is 10.6 Å². The van der Waals surface area contributed by atoms with Crippen molar-refractivity contribution in [3.05, 3.63) is 17.5 Å². The third-order valence-corrected chi connectivity index (χ3v) is 5.55. The zero-order valence-corrected chi connectivity index (χ0v) is 14.4. The summed E-state index contributed by atoms with van der Waals surface area (Å²) in [6.45, 7) is 3.94. The Morgan fingerprint density at radius 1 is 1.40 bits per heavy atom. The lowest BCUT2D eigenvalue weighted by atomic mass is 9.96. The second-order valence-corrected chi connectivity index (χ2v) is 7.41. The van der Waals surface area contributed by atoms with E-state index in [4.69, 9.17) is 4.52 Å². The number of rotatable bonds is 4. The predicted molar refractivity (Wildman–Crippen MR) is 86.3 cm³/mol. The van der Waals surface area contributed by atoms with Crippen LogP contribution in [-0.4, -0.2) is 51.4 Å². The highest BCUT2D eigenvalue weighted by atomic mass is 16.5. The molecule has 134 valence electrons. The van der Waals surface area contributed by atoms with Crippen molar-refractivity contribution in [3.63, 3.8) is 0 Å². The minimum absolute atomic E-state index is 0.152. The molecule has 2 aliphatic heterocycles. The predicted octanol–water partition coefficient (Wildman–Crippen LogP) is 1.37. The number of aryl methyl sites for hydroxylation is 1. The lowest BCUT2D eigenvalue weighted by Crippen LogP contribution is -2.47. The van der Waals surface area contributed by atoms with Gasteiger partial charge in [0.15, 0.2) is 0 Å². The Bertz CT molecular complexity index is 741. The van der Waals surface area contributed by atoms with Crippen molar-refractivity contribution in [3.8, 4) is 0 Å². The van der Waals surface area contributed by atoms with E-state index in [0.717, 1.165) is 36.3 Å². The molecule has 4 amide bonds. The number of imide groups is 1. The van der Waals surface area contributed by atoms with E-state index >= 15 is 0 Å². The number of carbonyl (C=O) groups excluding carboxylic acids is 3. The SMILES string of the molecule is Cc1cc([C@H]2CCCN2C(=O)CN2C(=O)N[C@](C)(C3CC3)C2=O)no1. The van der Waals surface area contributed by atoms with E-state index in [0.29, 0.717) is 12.3 Å². The molecule has 0 unspecified atom stereocenters. The Morgan fingerprint density at radius 3 is 2.80 bits per heavy atom. The smallest absolute Gasteiger partial charge is 0.325 e. The summed E-state index contributed by atoms with van der Waals surface area (Å²) in [4.78, 5) is 40.4. The first kappa shape index (κ1) is 16.1. The molecule has 1 aromatic rings. The van der Waals surface area contributed by atoms with Crippen LogP contribution in [0.3, 0.4) is 0 Å². The average molecular weight is 346 g/mol. The molecule has 2 saturated heterocycles. The molecule has 1 aromatic heterocycles. The minimum Gasteiger partial charge on any atom is -0.361 e. The summed E-state index contributed by atoms with van der Waals surface area (Å²) in [5.41, 5.74) is -0.131. The van der Waals surface area contributed by atoms with Crippen LogP contribution in [0.5, 0.6) is 0 Å². The van der Waals surface area contributed by atoms with Crippen molar-refractivity contribution >= 4 is 17.8 Å². The Labute approximate surface area is 145 Å². The first-order chi connectivity index (χ1) is 11.9. The maximum atomic E-state index is 12.8. The van der Waals surface area contributed by atoms with E-state index in [9.17, 15) is 14.4 Å². The second kappa shape index (κ2) is 5.57. The van der Waals surface area contributed by atoms with Gasteiger partial charge in [0.1, 0.15) is 23.5 Å². The first-order valence-corrected chi connectivity index (χ1v) is 8.77.